The zero-order valence-corrected chi connectivity index (χ0v) is 19.4. The van der Waals surface area contributed by atoms with Gasteiger partial charge in [-0.3, -0.25) is 19.3 Å². The summed E-state index contributed by atoms with van der Waals surface area (Å²) in [6, 6.07) is 13.5. The Morgan fingerprint density at radius 2 is 1.82 bits per heavy atom. The number of amides is 2. The molecule has 7 nitrogen and oxygen atoms in total. The van der Waals surface area contributed by atoms with E-state index in [1.54, 1.807) is 23.5 Å². The Hall–Kier alpha value is -3.48. The molecule has 2 aromatic heterocycles. The first-order valence-corrected chi connectivity index (χ1v) is 11.6. The highest BCUT2D eigenvalue weighted by Crippen LogP contribution is 2.27. The van der Waals surface area contributed by atoms with Crippen molar-refractivity contribution < 1.29 is 9.59 Å². The Morgan fingerprint density at radius 1 is 1.03 bits per heavy atom. The fourth-order valence-corrected chi connectivity index (χ4v) is 4.52. The van der Waals surface area contributed by atoms with Crippen molar-refractivity contribution in [2.45, 2.75) is 45.7 Å². The minimum atomic E-state index is -0.500. The highest BCUT2D eigenvalue weighted by Gasteiger charge is 2.37. The lowest BCUT2D eigenvalue weighted by molar-refractivity contribution is -0.151. The van der Waals surface area contributed by atoms with Gasteiger partial charge in [-0.05, 0) is 48.2 Å². The molecule has 4 rings (SSSR count). The number of hydrogen-bond acceptors (Lipinski definition) is 4. The first-order chi connectivity index (χ1) is 16.1. The first-order valence-electron chi connectivity index (χ1n) is 11.6. The van der Waals surface area contributed by atoms with E-state index in [-0.39, 0.29) is 11.8 Å². The number of carbonyl (C=O) groups is 2. The molecule has 3 aromatic rings. The van der Waals surface area contributed by atoms with Gasteiger partial charge in [0.2, 0.25) is 11.8 Å². The van der Waals surface area contributed by atoms with Gasteiger partial charge in [0.1, 0.15) is 6.04 Å². The normalized spacial score (nSPS) is 16.3. The predicted molar refractivity (Wildman–Crippen MR) is 127 cm³/mol. The van der Waals surface area contributed by atoms with Crippen LogP contribution in [0.5, 0.6) is 0 Å². The highest BCUT2D eigenvalue weighted by molar-refractivity contribution is 5.89. The molecule has 2 amide bonds. The smallest absolute Gasteiger partial charge is 0.245 e. The predicted octanol–water partition coefficient (Wildman–Crippen LogP) is 3.34. The Labute approximate surface area is 195 Å². The Morgan fingerprint density at radius 3 is 2.55 bits per heavy atom. The first kappa shape index (κ1) is 22.7. The highest BCUT2D eigenvalue weighted by atomic mass is 16.2. The molecule has 1 aliphatic rings. The van der Waals surface area contributed by atoms with E-state index in [0.717, 1.165) is 35.3 Å². The fourth-order valence-electron chi connectivity index (χ4n) is 4.52. The maximum absolute atomic E-state index is 13.5. The summed E-state index contributed by atoms with van der Waals surface area (Å²) in [6.45, 7) is 6.43. The average molecular weight is 446 g/mol. The van der Waals surface area contributed by atoms with E-state index in [4.69, 9.17) is 0 Å². The summed E-state index contributed by atoms with van der Waals surface area (Å²) in [7, 11) is 0. The molecule has 0 bridgehead atoms. The molecular weight excluding hydrogens is 414 g/mol. The van der Waals surface area contributed by atoms with Crippen molar-refractivity contribution in [2.24, 2.45) is 0 Å². The van der Waals surface area contributed by atoms with Crippen LogP contribution in [0.15, 0.2) is 61.1 Å². The monoisotopic (exact) mass is 445 g/mol. The van der Waals surface area contributed by atoms with Gasteiger partial charge >= 0.3 is 0 Å². The number of benzene rings is 1. The molecule has 0 unspecified atom stereocenters. The van der Waals surface area contributed by atoms with Crippen LogP contribution in [0.2, 0.25) is 0 Å². The molecule has 1 saturated heterocycles. The van der Waals surface area contributed by atoms with Crippen LogP contribution in [0, 0.1) is 6.92 Å². The number of carbonyl (C=O) groups excluding carboxylic acids is 2. The molecular formula is C26H31N5O2. The molecule has 1 aliphatic heterocycles. The lowest BCUT2D eigenvalue weighted by Crippen LogP contribution is -2.59. The van der Waals surface area contributed by atoms with Gasteiger partial charge in [0.25, 0.3) is 0 Å². The molecule has 1 fully saturated rings. The van der Waals surface area contributed by atoms with Crippen molar-refractivity contribution in [3.05, 3.63) is 72.3 Å². The van der Waals surface area contributed by atoms with Crippen molar-refractivity contribution in [3.8, 4) is 11.1 Å². The van der Waals surface area contributed by atoms with E-state index in [1.807, 2.05) is 46.8 Å². The Balaban J connectivity index is 1.58. The van der Waals surface area contributed by atoms with Crippen LogP contribution in [0.1, 0.15) is 31.0 Å². The average Bonchev–Trinajstić information content (AvgIpc) is 3.25. The van der Waals surface area contributed by atoms with E-state index in [2.05, 4.69) is 29.1 Å². The van der Waals surface area contributed by atoms with E-state index in [9.17, 15) is 9.59 Å². The molecule has 0 spiro atoms. The number of piperazine rings is 1. The minimum absolute atomic E-state index is 0.000732. The maximum Gasteiger partial charge on any atom is 0.245 e. The summed E-state index contributed by atoms with van der Waals surface area (Å²) in [6.07, 6.45) is 7.00. The molecule has 33 heavy (non-hydrogen) atoms. The van der Waals surface area contributed by atoms with Crippen molar-refractivity contribution in [1.82, 2.24) is 24.6 Å². The van der Waals surface area contributed by atoms with Gasteiger partial charge in [0, 0.05) is 63.3 Å². The third kappa shape index (κ3) is 5.13. The van der Waals surface area contributed by atoms with Crippen LogP contribution in [0.4, 0.5) is 0 Å². The van der Waals surface area contributed by atoms with Crippen LogP contribution in [0.25, 0.3) is 11.1 Å². The largest absolute Gasteiger partial charge is 0.339 e. The molecule has 0 N–H and O–H groups in total. The second kappa shape index (κ2) is 10.4. The van der Waals surface area contributed by atoms with Gasteiger partial charge in [-0.2, -0.15) is 5.10 Å². The standard InChI is InChI=1S/C26H31N5O2/c1-3-15-29-17-18-30(25(32)11-16-31-20(2)8-14-28-31)24(26(29)33)19-22-6-4-5-7-23(22)21-9-12-27-13-10-21/h4-10,12-14,24H,3,11,15-19H2,1-2H3/t24-/m1/s1. The summed E-state index contributed by atoms with van der Waals surface area (Å²) in [5.74, 6) is 0.0389. The van der Waals surface area contributed by atoms with Crippen molar-refractivity contribution in [3.63, 3.8) is 0 Å². The second-order valence-electron chi connectivity index (χ2n) is 8.47. The zero-order chi connectivity index (χ0) is 23.2. The lowest BCUT2D eigenvalue weighted by atomic mass is 9.93. The molecule has 0 radical (unpaired) electrons. The Kier molecular flexibility index (Phi) is 7.17. The molecule has 3 heterocycles. The maximum atomic E-state index is 13.5. The van der Waals surface area contributed by atoms with Crippen LogP contribution in [-0.2, 0) is 22.6 Å². The van der Waals surface area contributed by atoms with Crippen LogP contribution >= 0.6 is 0 Å². The van der Waals surface area contributed by atoms with Gasteiger partial charge in [-0.15, -0.1) is 0 Å². The number of aryl methyl sites for hydroxylation is 2. The molecule has 172 valence electrons. The number of hydrogen-bond donors (Lipinski definition) is 0. The van der Waals surface area contributed by atoms with E-state index < -0.39 is 6.04 Å². The summed E-state index contributed by atoms with van der Waals surface area (Å²) in [4.78, 5) is 34.6. The van der Waals surface area contributed by atoms with Crippen molar-refractivity contribution >= 4 is 11.8 Å². The van der Waals surface area contributed by atoms with E-state index >= 15 is 0 Å². The molecule has 1 atom stereocenters. The van der Waals surface area contributed by atoms with Crippen LogP contribution < -0.4 is 0 Å². The summed E-state index contributed by atoms with van der Waals surface area (Å²) >= 11 is 0. The summed E-state index contributed by atoms with van der Waals surface area (Å²) < 4.78 is 1.83. The van der Waals surface area contributed by atoms with Gasteiger partial charge in [0.05, 0.1) is 0 Å². The quantitative estimate of drug-likeness (QED) is 0.533. The van der Waals surface area contributed by atoms with Crippen molar-refractivity contribution in [2.75, 3.05) is 19.6 Å². The molecule has 0 aliphatic carbocycles. The molecule has 7 heteroatoms. The number of rotatable bonds is 8. The van der Waals surface area contributed by atoms with E-state index in [0.29, 0.717) is 32.5 Å². The van der Waals surface area contributed by atoms with Gasteiger partial charge in [0.15, 0.2) is 0 Å². The fraction of sp³-hybridized carbons (Fsp3) is 0.385. The number of pyridine rings is 1. The zero-order valence-electron chi connectivity index (χ0n) is 19.4. The summed E-state index contributed by atoms with van der Waals surface area (Å²) in [5.41, 5.74) is 4.21. The lowest BCUT2D eigenvalue weighted by Gasteiger charge is -2.41. The number of aromatic nitrogens is 3. The van der Waals surface area contributed by atoms with E-state index in [1.165, 1.54) is 0 Å². The van der Waals surface area contributed by atoms with Gasteiger partial charge in [-0.1, -0.05) is 31.2 Å². The molecule has 0 saturated carbocycles. The third-order valence-electron chi connectivity index (χ3n) is 6.29. The third-order valence-corrected chi connectivity index (χ3v) is 6.29. The van der Waals surface area contributed by atoms with Gasteiger partial charge < -0.3 is 9.80 Å². The Bertz CT molecular complexity index is 1090. The molecule has 1 aromatic carbocycles. The van der Waals surface area contributed by atoms with Crippen LogP contribution in [-0.4, -0.2) is 62.1 Å². The van der Waals surface area contributed by atoms with Gasteiger partial charge in [-0.25, -0.2) is 0 Å². The topological polar surface area (TPSA) is 71.3 Å². The summed E-state index contributed by atoms with van der Waals surface area (Å²) in [5, 5.41) is 4.28. The van der Waals surface area contributed by atoms with Crippen LogP contribution in [0.3, 0.4) is 0 Å². The number of nitrogens with zero attached hydrogens (tertiary/aromatic N) is 5. The SMILES string of the molecule is CCCN1CCN(C(=O)CCn2nccc2C)[C@H](Cc2ccccc2-c2ccncc2)C1=O. The second-order valence-corrected chi connectivity index (χ2v) is 8.47. The van der Waals surface area contributed by atoms with Crippen molar-refractivity contribution in [1.29, 1.82) is 0 Å². The minimum Gasteiger partial charge on any atom is -0.339 e.